The van der Waals surface area contributed by atoms with Crippen molar-refractivity contribution >= 4 is 44.6 Å². The van der Waals surface area contributed by atoms with Crippen LogP contribution in [-0.2, 0) is 19.6 Å². The van der Waals surface area contributed by atoms with Crippen LogP contribution in [0.15, 0.2) is 81.9 Å². The molecule has 0 atom stereocenters. The number of rotatable bonds is 9. The van der Waals surface area contributed by atoms with E-state index in [1.54, 1.807) is 31.2 Å². The number of carbonyl (C=O) groups excluding carboxylic acids is 2. The van der Waals surface area contributed by atoms with E-state index >= 15 is 0 Å². The summed E-state index contributed by atoms with van der Waals surface area (Å²) in [4.78, 5) is 27.2. The van der Waals surface area contributed by atoms with Crippen molar-refractivity contribution in [3.8, 4) is 0 Å². The van der Waals surface area contributed by atoms with Crippen LogP contribution in [0.25, 0.3) is 0 Å². The van der Waals surface area contributed by atoms with Gasteiger partial charge in [0.05, 0.1) is 16.1 Å². The third-order valence-corrected chi connectivity index (χ3v) is 7.17. The maximum Gasteiger partial charge on any atom is 0.340 e. The Balaban J connectivity index is 1.67. The van der Waals surface area contributed by atoms with Gasteiger partial charge in [-0.1, -0.05) is 18.2 Å². The number of nitrogens with zero attached hydrogens (tertiary/aromatic N) is 4. The second-order valence-electron chi connectivity index (χ2n) is 8.52. The minimum atomic E-state index is -3.67. The molecule has 0 radical (unpaired) electrons. The Bertz CT molecular complexity index is 1420. The number of amides is 1. The molecule has 0 aliphatic carbocycles. The van der Waals surface area contributed by atoms with Crippen LogP contribution in [0.3, 0.4) is 0 Å². The van der Waals surface area contributed by atoms with Gasteiger partial charge in [-0.05, 0) is 61.0 Å². The van der Waals surface area contributed by atoms with Gasteiger partial charge in [-0.25, -0.2) is 17.5 Å². The van der Waals surface area contributed by atoms with E-state index in [4.69, 9.17) is 4.74 Å². The Morgan fingerprint density at radius 2 is 1.59 bits per heavy atom. The first-order chi connectivity index (χ1) is 17.5. The van der Waals surface area contributed by atoms with Crippen LogP contribution < -0.4 is 10.2 Å². The summed E-state index contributed by atoms with van der Waals surface area (Å²) in [5.41, 5.74) is 3.03. The zero-order valence-corrected chi connectivity index (χ0v) is 22.1. The predicted octanol–water partition coefficient (Wildman–Crippen LogP) is 4.52. The molecule has 0 saturated heterocycles. The number of carbonyl (C=O) groups is 2. The highest BCUT2D eigenvalue weighted by Gasteiger charge is 2.19. The fourth-order valence-corrected chi connectivity index (χ4v) is 4.09. The van der Waals surface area contributed by atoms with Crippen LogP contribution in [0.4, 0.5) is 22.7 Å². The SMILES string of the molecule is Cc1ccc(S(=O)(=O)N(C)C)cc1NC(=O)COC(=O)c1ccccc1N=Nc1ccc(N(C)C)cc1. The molecule has 0 aliphatic heterocycles. The van der Waals surface area contributed by atoms with E-state index in [0.29, 0.717) is 22.6 Å². The molecular formula is C26H29N5O5S. The monoisotopic (exact) mass is 523 g/mol. The second kappa shape index (κ2) is 11.8. The first kappa shape index (κ1) is 27.5. The highest BCUT2D eigenvalue weighted by atomic mass is 32.2. The van der Waals surface area contributed by atoms with E-state index in [2.05, 4.69) is 15.5 Å². The van der Waals surface area contributed by atoms with Gasteiger partial charge in [0, 0.05) is 39.6 Å². The van der Waals surface area contributed by atoms with E-state index in [-0.39, 0.29) is 10.5 Å². The second-order valence-corrected chi connectivity index (χ2v) is 10.7. The smallest absolute Gasteiger partial charge is 0.340 e. The lowest BCUT2D eigenvalue weighted by Gasteiger charge is -2.14. The van der Waals surface area contributed by atoms with E-state index in [9.17, 15) is 18.0 Å². The Kier molecular flexibility index (Phi) is 8.74. The van der Waals surface area contributed by atoms with E-state index in [0.717, 1.165) is 9.99 Å². The molecule has 0 saturated carbocycles. The Morgan fingerprint density at radius 1 is 0.919 bits per heavy atom. The average Bonchev–Trinajstić information content (AvgIpc) is 2.87. The van der Waals surface area contributed by atoms with Crippen LogP contribution in [0.2, 0.25) is 0 Å². The number of aryl methyl sites for hydroxylation is 1. The van der Waals surface area contributed by atoms with E-state index < -0.39 is 28.5 Å². The number of azo groups is 1. The van der Waals surface area contributed by atoms with Crippen LogP contribution >= 0.6 is 0 Å². The summed E-state index contributed by atoms with van der Waals surface area (Å²) in [6.07, 6.45) is 0. The molecule has 0 heterocycles. The molecule has 1 N–H and O–H groups in total. The normalized spacial score (nSPS) is 11.5. The number of benzene rings is 3. The zero-order chi connectivity index (χ0) is 27.2. The van der Waals surface area contributed by atoms with Gasteiger partial charge in [-0.15, -0.1) is 5.11 Å². The van der Waals surface area contributed by atoms with Gasteiger partial charge in [0.25, 0.3) is 5.91 Å². The molecule has 3 aromatic carbocycles. The zero-order valence-electron chi connectivity index (χ0n) is 21.3. The fourth-order valence-electron chi connectivity index (χ4n) is 3.16. The van der Waals surface area contributed by atoms with Crippen LogP contribution in [0.1, 0.15) is 15.9 Å². The summed E-state index contributed by atoms with van der Waals surface area (Å²) in [6, 6.07) is 18.4. The minimum Gasteiger partial charge on any atom is -0.452 e. The molecule has 3 rings (SSSR count). The average molecular weight is 524 g/mol. The minimum absolute atomic E-state index is 0.0334. The largest absolute Gasteiger partial charge is 0.452 e. The number of sulfonamides is 1. The first-order valence-electron chi connectivity index (χ1n) is 11.3. The van der Waals surface area contributed by atoms with Crippen molar-refractivity contribution in [3.05, 3.63) is 77.9 Å². The summed E-state index contributed by atoms with van der Waals surface area (Å²) >= 11 is 0. The maximum atomic E-state index is 12.7. The number of hydrogen-bond donors (Lipinski definition) is 1. The van der Waals surface area contributed by atoms with Crippen molar-refractivity contribution < 1.29 is 22.7 Å². The molecule has 194 valence electrons. The molecular weight excluding hydrogens is 494 g/mol. The van der Waals surface area contributed by atoms with Gasteiger partial charge in [0.2, 0.25) is 10.0 Å². The third kappa shape index (κ3) is 6.99. The van der Waals surface area contributed by atoms with Crippen LogP contribution in [0, 0.1) is 6.92 Å². The number of esters is 1. The standard InChI is InChI=1S/C26H29N5O5S/c1-18-10-15-21(37(34,35)31(4)5)16-24(18)27-25(32)17-36-26(33)22-8-6-7-9-23(22)29-28-19-11-13-20(14-12-19)30(2)3/h6-16H,17H2,1-5H3,(H,27,32). The van der Waals surface area contributed by atoms with Gasteiger partial charge < -0.3 is 15.0 Å². The maximum absolute atomic E-state index is 12.7. The molecule has 3 aromatic rings. The van der Waals surface area contributed by atoms with Gasteiger partial charge in [0.1, 0.15) is 5.69 Å². The molecule has 0 fully saturated rings. The van der Waals surface area contributed by atoms with Crippen molar-refractivity contribution in [1.82, 2.24) is 4.31 Å². The Morgan fingerprint density at radius 3 is 2.24 bits per heavy atom. The summed E-state index contributed by atoms with van der Waals surface area (Å²) in [6.45, 7) is 1.16. The quantitative estimate of drug-likeness (QED) is 0.325. The summed E-state index contributed by atoms with van der Waals surface area (Å²) < 4.78 is 31.1. The lowest BCUT2D eigenvalue weighted by atomic mass is 10.2. The first-order valence-corrected chi connectivity index (χ1v) is 12.7. The van der Waals surface area contributed by atoms with Crippen molar-refractivity contribution in [1.29, 1.82) is 0 Å². The molecule has 0 unspecified atom stereocenters. The lowest BCUT2D eigenvalue weighted by Crippen LogP contribution is -2.23. The summed E-state index contributed by atoms with van der Waals surface area (Å²) in [5, 5.41) is 11.0. The summed E-state index contributed by atoms with van der Waals surface area (Å²) in [7, 11) is 3.04. The molecule has 11 heteroatoms. The number of anilines is 2. The van der Waals surface area contributed by atoms with Gasteiger partial charge in [-0.2, -0.15) is 5.11 Å². The fraction of sp³-hybridized carbons (Fsp3) is 0.231. The van der Waals surface area contributed by atoms with Crippen molar-refractivity contribution in [2.24, 2.45) is 10.2 Å². The van der Waals surface area contributed by atoms with Gasteiger partial charge in [-0.3, -0.25) is 4.79 Å². The van der Waals surface area contributed by atoms with Gasteiger partial charge >= 0.3 is 5.97 Å². The van der Waals surface area contributed by atoms with E-state index in [1.165, 1.54) is 32.3 Å². The lowest BCUT2D eigenvalue weighted by molar-refractivity contribution is -0.119. The topological polar surface area (TPSA) is 121 Å². The number of hydrogen-bond acceptors (Lipinski definition) is 8. The predicted molar refractivity (Wildman–Crippen MR) is 142 cm³/mol. The molecule has 0 aromatic heterocycles. The summed E-state index contributed by atoms with van der Waals surface area (Å²) in [5.74, 6) is -1.36. The number of ether oxygens (including phenoxy) is 1. The highest BCUT2D eigenvalue weighted by molar-refractivity contribution is 7.89. The molecule has 37 heavy (non-hydrogen) atoms. The van der Waals surface area contributed by atoms with Crippen molar-refractivity contribution in [3.63, 3.8) is 0 Å². The number of nitrogens with one attached hydrogen (secondary N) is 1. The molecule has 0 bridgehead atoms. The molecule has 1 amide bonds. The molecule has 10 nitrogen and oxygen atoms in total. The van der Waals surface area contributed by atoms with Crippen LogP contribution in [0.5, 0.6) is 0 Å². The van der Waals surface area contributed by atoms with Crippen LogP contribution in [-0.4, -0.2) is 59.4 Å². The van der Waals surface area contributed by atoms with Crippen molar-refractivity contribution in [2.75, 3.05) is 45.0 Å². The van der Waals surface area contributed by atoms with E-state index in [1.807, 2.05) is 43.3 Å². The molecule has 0 aliphatic rings. The Labute approximate surface area is 216 Å². The van der Waals surface area contributed by atoms with Gasteiger partial charge in [0.15, 0.2) is 6.61 Å². The van der Waals surface area contributed by atoms with Crippen molar-refractivity contribution in [2.45, 2.75) is 11.8 Å². The highest BCUT2D eigenvalue weighted by Crippen LogP contribution is 2.25. The third-order valence-electron chi connectivity index (χ3n) is 5.36. The molecule has 0 spiro atoms. The Hall–Kier alpha value is -4.09.